The number of aryl methyl sites for hydroxylation is 1. The molecule has 1 unspecified atom stereocenters. The van der Waals surface area contributed by atoms with Crippen molar-refractivity contribution in [2.24, 2.45) is 5.10 Å². The van der Waals surface area contributed by atoms with Crippen molar-refractivity contribution in [2.45, 2.75) is 38.9 Å². The van der Waals surface area contributed by atoms with Crippen molar-refractivity contribution in [3.05, 3.63) is 65.0 Å². The van der Waals surface area contributed by atoms with Gasteiger partial charge in [-0.2, -0.15) is 18.3 Å². The van der Waals surface area contributed by atoms with Crippen LogP contribution in [0.15, 0.2) is 47.6 Å². The number of hydrazone groups is 1. The van der Waals surface area contributed by atoms with Crippen LogP contribution in [0, 0.1) is 12.7 Å². The van der Waals surface area contributed by atoms with Gasteiger partial charge in [0.2, 0.25) is 11.8 Å². The van der Waals surface area contributed by atoms with Crippen LogP contribution in [0.5, 0.6) is 0 Å². The largest absolute Gasteiger partial charge is 0.416 e. The number of hydrogen-bond donors (Lipinski definition) is 1. The first kappa shape index (κ1) is 21.5. The normalized spacial score (nSPS) is 15.6. The molecule has 1 heterocycles. The van der Waals surface area contributed by atoms with Crippen LogP contribution in [0.4, 0.5) is 23.2 Å². The number of rotatable bonds is 4. The molecule has 0 spiro atoms. The molecule has 2 aromatic carbocycles. The molecule has 30 heavy (non-hydrogen) atoms. The molecule has 2 aromatic rings. The number of nitrogens with one attached hydrogen (secondary N) is 1. The smallest absolute Gasteiger partial charge is 0.324 e. The van der Waals surface area contributed by atoms with E-state index < -0.39 is 23.7 Å². The molecule has 5 nitrogen and oxygen atoms in total. The summed E-state index contributed by atoms with van der Waals surface area (Å²) in [4.78, 5) is 24.9. The number of anilines is 1. The van der Waals surface area contributed by atoms with E-state index in [1.165, 1.54) is 25.1 Å². The lowest BCUT2D eigenvalue weighted by molar-refractivity contribution is -0.138. The summed E-state index contributed by atoms with van der Waals surface area (Å²) in [5, 5.41) is 7.67. The first-order valence-corrected chi connectivity index (χ1v) is 9.20. The number of benzene rings is 2. The van der Waals surface area contributed by atoms with Crippen LogP contribution in [0.2, 0.25) is 0 Å². The Kier molecular flexibility index (Phi) is 5.91. The highest BCUT2D eigenvalue weighted by molar-refractivity contribution is 6.05. The molecule has 1 atom stereocenters. The van der Waals surface area contributed by atoms with Gasteiger partial charge in [0.15, 0.2) is 0 Å². The van der Waals surface area contributed by atoms with Crippen molar-refractivity contribution >= 4 is 23.2 Å². The van der Waals surface area contributed by atoms with Crippen molar-refractivity contribution in [1.29, 1.82) is 0 Å². The van der Waals surface area contributed by atoms with Crippen LogP contribution < -0.4 is 5.32 Å². The standard InChI is InChI=1S/C21H19F4N3O2/c1-12-10-14(6-7-17(12)22)18-8-9-19(29)28(27-18)13(2)20(30)26-16-5-3-4-15(11-16)21(23,24)25/h3-7,10-11,13H,8-9H2,1-2H3,(H,26,30). The SMILES string of the molecule is Cc1cc(C2=NN(C(C)C(=O)Nc3cccc(C(F)(F)F)c3)C(=O)CC2)ccc1F. The second kappa shape index (κ2) is 8.25. The molecule has 0 bridgehead atoms. The van der Waals surface area contributed by atoms with E-state index in [1.807, 2.05) is 0 Å². The summed E-state index contributed by atoms with van der Waals surface area (Å²) in [5.41, 5.74) is 0.653. The van der Waals surface area contributed by atoms with Gasteiger partial charge in [-0.05, 0) is 55.3 Å². The molecule has 2 amide bonds. The number of alkyl halides is 3. The topological polar surface area (TPSA) is 61.8 Å². The van der Waals surface area contributed by atoms with Crippen LogP contribution >= 0.6 is 0 Å². The lowest BCUT2D eigenvalue weighted by atomic mass is 10.0. The Morgan fingerprint density at radius 3 is 2.57 bits per heavy atom. The Bertz CT molecular complexity index is 1020. The monoisotopic (exact) mass is 421 g/mol. The number of halogens is 4. The van der Waals surface area contributed by atoms with Gasteiger partial charge in [0.25, 0.3) is 0 Å². The van der Waals surface area contributed by atoms with Gasteiger partial charge in [-0.1, -0.05) is 12.1 Å². The van der Waals surface area contributed by atoms with Crippen molar-refractivity contribution in [1.82, 2.24) is 5.01 Å². The Morgan fingerprint density at radius 2 is 1.90 bits per heavy atom. The van der Waals surface area contributed by atoms with E-state index >= 15 is 0 Å². The fourth-order valence-electron chi connectivity index (χ4n) is 3.04. The third-order valence-corrected chi connectivity index (χ3v) is 4.75. The first-order chi connectivity index (χ1) is 14.1. The number of nitrogens with zero attached hydrogens (tertiary/aromatic N) is 2. The molecule has 1 aliphatic heterocycles. The molecule has 1 N–H and O–H groups in total. The van der Waals surface area contributed by atoms with E-state index in [0.29, 0.717) is 23.3 Å². The fourth-order valence-corrected chi connectivity index (χ4v) is 3.04. The predicted octanol–water partition coefficient (Wildman–Crippen LogP) is 4.51. The van der Waals surface area contributed by atoms with E-state index in [0.717, 1.165) is 17.1 Å². The minimum atomic E-state index is -4.54. The zero-order valence-electron chi connectivity index (χ0n) is 16.3. The molecule has 1 aliphatic rings. The van der Waals surface area contributed by atoms with Crippen LogP contribution in [0.3, 0.4) is 0 Å². The summed E-state index contributed by atoms with van der Waals surface area (Å²) in [6, 6.07) is 7.63. The molecule has 0 radical (unpaired) electrons. The predicted molar refractivity (Wildman–Crippen MR) is 103 cm³/mol. The average Bonchev–Trinajstić information content (AvgIpc) is 2.69. The number of carbonyl (C=O) groups excluding carboxylic acids is 2. The Morgan fingerprint density at radius 1 is 1.17 bits per heavy atom. The highest BCUT2D eigenvalue weighted by atomic mass is 19.4. The van der Waals surface area contributed by atoms with Gasteiger partial charge in [-0.25, -0.2) is 9.40 Å². The van der Waals surface area contributed by atoms with Crippen LogP contribution in [-0.4, -0.2) is 28.6 Å². The molecule has 3 rings (SSSR count). The lowest BCUT2D eigenvalue weighted by Gasteiger charge is -2.28. The zero-order chi connectivity index (χ0) is 22.1. The minimum Gasteiger partial charge on any atom is -0.324 e. The zero-order valence-corrected chi connectivity index (χ0v) is 16.3. The van der Waals surface area contributed by atoms with E-state index in [4.69, 9.17) is 0 Å². The Hall–Kier alpha value is -3.23. The van der Waals surface area contributed by atoms with E-state index in [2.05, 4.69) is 10.4 Å². The summed E-state index contributed by atoms with van der Waals surface area (Å²) in [5.74, 6) is -1.43. The highest BCUT2D eigenvalue weighted by Gasteiger charge is 2.32. The quantitative estimate of drug-likeness (QED) is 0.739. The summed E-state index contributed by atoms with van der Waals surface area (Å²) in [7, 11) is 0. The highest BCUT2D eigenvalue weighted by Crippen LogP contribution is 2.30. The fraction of sp³-hybridized carbons (Fsp3) is 0.286. The van der Waals surface area contributed by atoms with Gasteiger partial charge in [-0.3, -0.25) is 9.59 Å². The molecule has 0 aromatic heterocycles. The van der Waals surface area contributed by atoms with Crippen molar-refractivity contribution in [3.8, 4) is 0 Å². The Labute approximate surface area is 170 Å². The van der Waals surface area contributed by atoms with Crippen molar-refractivity contribution in [3.63, 3.8) is 0 Å². The second-order valence-corrected chi connectivity index (χ2v) is 6.99. The van der Waals surface area contributed by atoms with Crippen LogP contribution in [0.1, 0.15) is 36.5 Å². The van der Waals surface area contributed by atoms with Crippen molar-refractivity contribution < 1.29 is 27.2 Å². The molecule has 158 valence electrons. The molecular weight excluding hydrogens is 402 g/mol. The molecule has 0 saturated heterocycles. The van der Waals surface area contributed by atoms with Crippen LogP contribution in [0.25, 0.3) is 0 Å². The lowest BCUT2D eigenvalue weighted by Crippen LogP contribution is -2.45. The second-order valence-electron chi connectivity index (χ2n) is 6.99. The summed E-state index contributed by atoms with van der Waals surface area (Å²) >= 11 is 0. The maximum Gasteiger partial charge on any atom is 0.416 e. The molecule has 0 aliphatic carbocycles. The maximum atomic E-state index is 13.5. The molecule has 0 saturated carbocycles. The van der Waals surface area contributed by atoms with Gasteiger partial charge in [-0.15, -0.1) is 0 Å². The first-order valence-electron chi connectivity index (χ1n) is 9.20. The van der Waals surface area contributed by atoms with E-state index in [-0.39, 0.29) is 23.8 Å². The van der Waals surface area contributed by atoms with Gasteiger partial charge < -0.3 is 5.32 Å². The van der Waals surface area contributed by atoms with Crippen molar-refractivity contribution in [2.75, 3.05) is 5.32 Å². The summed E-state index contributed by atoms with van der Waals surface area (Å²) in [6.07, 6.45) is -4.10. The number of hydrogen-bond acceptors (Lipinski definition) is 3. The Balaban J connectivity index is 1.80. The van der Waals surface area contributed by atoms with Gasteiger partial charge in [0.1, 0.15) is 11.9 Å². The van der Waals surface area contributed by atoms with Crippen LogP contribution in [-0.2, 0) is 15.8 Å². The number of carbonyl (C=O) groups is 2. The third-order valence-electron chi connectivity index (χ3n) is 4.75. The van der Waals surface area contributed by atoms with Gasteiger partial charge >= 0.3 is 6.18 Å². The molecular formula is C21H19F4N3O2. The average molecular weight is 421 g/mol. The third kappa shape index (κ3) is 4.67. The minimum absolute atomic E-state index is 0.0375. The number of amides is 2. The van der Waals surface area contributed by atoms with E-state index in [9.17, 15) is 27.2 Å². The summed E-state index contributed by atoms with van der Waals surface area (Å²) < 4.78 is 52.1. The summed E-state index contributed by atoms with van der Waals surface area (Å²) in [6.45, 7) is 3.04. The molecule has 9 heteroatoms. The maximum absolute atomic E-state index is 13.5. The molecule has 0 fully saturated rings. The van der Waals surface area contributed by atoms with E-state index in [1.54, 1.807) is 19.1 Å². The van der Waals surface area contributed by atoms with Gasteiger partial charge in [0, 0.05) is 18.5 Å². The van der Waals surface area contributed by atoms with Gasteiger partial charge in [0.05, 0.1) is 11.3 Å².